The lowest BCUT2D eigenvalue weighted by Gasteiger charge is -2.38. The average Bonchev–Trinajstić information content (AvgIpc) is 2.92. The van der Waals surface area contributed by atoms with Crippen LogP contribution in [-0.4, -0.2) is 48.2 Å². The van der Waals surface area contributed by atoms with Crippen molar-refractivity contribution in [1.29, 1.82) is 0 Å². The number of carbonyl (C=O) groups excluding carboxylic acids is 1. The first-order valence-corrected chi connectivity index (χ1v) is 9.54. The topological polar surface area (TPSA) is 52.6 Å². The highest BCUT2D eigenvalue weighted by molar-refractivity contribution is 5.78. The van der Waals surface area contributed by atoms with Crippen molar-refractivity contribution in [2.75, 3.05) is 26.2 Å². The van der Waals surface area contributed by atoms with Gasteiger partial charge >= 0.3 is 0 Å². The predicted octanol–water partition coefficient (Wildman–Crippen LogP) is 2.80. The molecule has 1 aliphatic carbocycles. The molecule has 2 fully saturated rings. The first-order chi connectivity index (χ1) is 10.9. The van der Waals surface area contributed by atoms with Crippen LogP contribution in [0.5, 0.6) is 0 Å². The summed E-state index contributed by atoms with van der Waals surface area (Å²) in [5.74, 6) is 1.12. The molecule has 23 heavy (non-hydrogen) atoms. The zero-order valence-corrected chi connectivity index (χ0v) is 15.3. The van der Waals surface area contributed by atoms with Crippen LogP contribution in [0.15, 0.2) is 0 Å². The summed E-state index contributed by atoms with van der Waals surface area (Å²) in [6, 6.07) is 0.371. The van der Waals surface area contributed by atoms with E-state index in [0.717, 1.165) is 51.7 Å². The van der Waals surface area contributed by atoms with Gasteiger partial charge in [-0.25, -0.2) is 0 Å². The van der Waals surface area contributed by atoms with Crippen molar-refractivity contribution in [3.8, 4) is 0 Å². The maximum atomic E-state index is 12.4. The highest BCUT2D eigenvalue weighted by Gasteiger charge is 2.35. The molecule has 0 aromatic heterocycles. The molecule has 1 aliphatic heterocycles. The molecular formula is C19H36N2O2. The second kappa shape index (κ2) is 8.48. The van der Waals surface area contributed by atoms with Gasteiger partial charge in [-0.3, -0.25) is 9.69 Å². The largest absolute Gasteiger partial charge is 0.395 e. The SMILES string of the molecule is CC1CC(C(=O)NCCCCN2CCCC2CO)CC(C)(C)C1. The molecule has 3 atom stereocenters. The van der Waals surface area contributed by atoms with Crippen LogP contribution in [0.1, 0.15) is 65.7 Å². The Labute approximate surface area is 142 Å². The second-order valence-electron chi connectivity index (χ2n) is 8.62. The van der Waals surface area contributed by atoms with Crippen LogP contribution in [0, 0.1) is 17.3 Å². The third-order valence-corrected chi connectivity index (χ3v) is 5.64. The van der Waals surface area contributed by atoms with Gasteiger partial charge in [-0.1, -0.05) is 20.8 Å². The first-order valence-electron chi connectivity index (χ1n) is 9.54. The molecule has 1 saturated carbocycles. The molecule has 2 rings (SSSR count). The van der Waals surface area contributed by atoms with Gasteiger partial charge in [0.1, 0.15) is 0 Å². The minimum absolute atomic E-state index is 0.200. The van der Waals surface area contributed by atoms with E-state index >= 15 is 0 Å². The summed E-state index contributed by atoms with van der Waals surface area (Å²) < 4.78 is 0. The van der Waals surface area contributed by atoms with Crippen molar-refractivity contribution in [1.82, 2.24) is 10.2 Å². The Kier molecular flexibility index (Phi) is 6.90. The third kappa shape index (κ3) is 5.75. The number of hydrogen-bond acceptors (Lipinski definition) is 3. The zero-order valence-electron chi connectivity index (χ0n) is 15.3. The Balaban J connectivity index is 1.61. The molecule has 1 amide bonds. The van der Waals surface area contributed by atoms with Gasteiger partial charge in [-0.05, 0) is 69.4 Å². The molecule has 3 unspecified atom stereocenters. The van der Waals surface area contributed by atoms with E-state index in [1.807, 2.05) is 0 Å². The van der Waals surface area contributed by atoms with E-state index in [1.165, 1.54) is 12.8 Å². The highest BCUT2D eigenvalue weighted by atomic mass is 16.3. The Hall–Kier alpha value is -0.610. The van der Waals surface area contributed by atoms with Crippen LogP contribution < -0.4 is 5.32 Å². The smallest absolute Gasteiger partial charge is 0.223 e. The minimum atomic E-state index is 0.200. The molecule has 0 radical (unpaired) electrons. The molecule has 0 bridgehead atoms. The summed E-state index contributed by atoms with van der Waals surface area (Å²) in [7, 11) is 0. The fourth-order valence-corrected chi connectivity index (χ4v) is 4.74. The van der Waals surface area contributed by atoms with Crippen LogP contribution in [-0.2, 0) is 4.79 Å². The third-order valence-electron chi connectivity index (χ3n) is 5.64. The Morgan fingerprint density at radius 2 is 2.09 bits per heavy atom. The van der Waals surface area contributed by atoms with E-state index in [9.17, 15) is 9.90 Å². The van der Waals surface area contributed by atoms with Gasteiger partial charge < -0.3 is 10.4 Å². The van der Waals surface area contributed by atoms with Crippen LogP contribution >= 0.6 is 0 Å². The normalized spacial score (nSPS) is 31.2. The summed E-state index contributed by atoms with van der Waals surface area (Å²) in [4.78, 5) is 14.8. The number of rotatable bonds is 7. The van der Waals surface area contributed by atoms with Gasteiger partial charge in [0.25, 0.3) is 0 Å². The molecule has 2 N–H and O–H groups in total. The number of nitrogens with zero attached hydrogens (tertiary/aromatic N) is 1. The van der Waals surface area contributed by atoms with E-state index in [0.29, 0.717) is 17.4 Å². The first kappa shape index (κ1) is 18.7. The van der Waals surface area contributed by atoms with Gasteiger partial charge in [0, 0.05) is 18.5 Å². The molecule has 0 aromatic rings. The predicted molar refractivity (Wildman–Crippen MR) is 94.2 cm³/mol. The van der Waals surface area contributed by atoms with Gasteiger partial charge in [0.2, 0.25) is 5.91 Å². The van der Waals surface area contributed by atoms with Crippen molar-refractivity contribution < 1.29 is 9.90 Å². The van der Waals surface area contributed by atoms with E-state index in [4.69, 9.17) is 0 Å². The Morgan fingerprint density at radius 1 is 1.30 bits per heavy atom. The number of carbonyl (C=O) groups is 1. The standard InChI is InChI=1S/C19H36N2O2/c1-15-11-16(13-19(2,3)12-15)18(23)20-8-4-5-9-21-10-6-7-17(21)14-22/h15-17,22H,4-14H2,1-3H3,(H,20,23). The van der Waals surface area contributed by atoms with Gasteiger partial charge in [-0.2, -0.15) is 0 Å². The number of nitrogens with one attached hydrogen (secondary N) is 1. The molecule has 4 nitrogen and oxygen atoms in total. The zero-order chi connectivity index (χ0) is 16.9. The monoisotopic (exact) mass is 324 g/mol. The van der Waals surface area contributed by atoms with Gasteiger partial charge in [0.05, 0.1) is 6.61 Å². The fourth-order valence-electron chi connectivity index (χ4n) is 4.74. The lowest BCUT2D eigenvalue weighted by molar-refractivity contribution is -0.128. The highest BCUT2D eigenvalue weighted by Crippen LogP contribution is 2.41. The molecule has 134 valence electrons. The molecule has 1 heterocycles. The number of aliphatic hydroxyl groups excluding tert-OH is 1. The lowest BCUT2D eigenvalue weighted by atomic mass is 9.68. The maximum absolute atomic E-state index is 12.4. The van der Waals surface area contributed by atoms with Crippen LogP contribution in [0.25, 0.3) is 0 Å². The van der Waals surface area contributed by atoms with Gasteiger partial charge in [-0.15, -0.1) is 0 Å². The van der Waals surface area contributed by atoms with Crippen LogP contribution in [0.4, 0.5) is 0 Å². The van der Waals surface area contributed by atoms with E-state index < -0.39 is 0 Å². The quantitative estimate of drug-likeness (QED) is 0.708. The van der Waals surface area contributed by atoms with Crippen molar-refractivity contribution in [2.45, 2.75) is 71.8 Å². The number of amides is 1. The van der Waals surface area contributed by atoms with E-state index in [1.54, 1.807) is 0 Å². The maximum Gasteiger partial charge on any atom is 0.223 e. The van der Waals surface area contributed by atoms with Crippen LogP contribution in [0.3, 0.4) is 0 Å². The van der Waals surface area contributed by atoms with Crippen molar-refractivity contribution >= 4 is 5.91 Å². The Bertz CT molecular complexity index is 384. The number of aliphatic hydroxyl groups is 1. The second-order valence-corrected chi connectivity index (χ2v) is 8.62. The number of unbranched alkanes of at least 4 members (excludes halogenated alkanes) is 1. The summed E-state index contributed by atoms with van der Waals surface area (Å²) in [5, 5.41) is 12.5. The fraction of sp³-hybridized carbons (Fsp3) is 0.947. The van der Waals surface area contributed by atoms with E-state index in [-0.39, 0.29) is 18.4 Å². The molecule has 1 saturated heterocycles. The summed E-state index contributed by atoms with van der Waals surface area (Å²) >= 11 is 0. The van der Waals surface area contributed by atoms with E-state index in [2.05, 4.69) is 31.0 Å². The van der Waals surface area contributed by atoms with Crippen LogP contribution in [0.2, 0.25) is 0 Å². The van der Waals surface area contributed by atoms with Crippen molar-refractivity contribution in [3.05, 3.63) is 0 Å². The van der Waals surface area contributed by atoms with Crippen molar-refractivity contribution in [2.24, 2.45) is 17.3 Å². The van der Waals surface area contributed by atoms with Crippen molar-refractivity contribution in [3.63, 3.8) is 0 Å². The van der Waals surface area contributed by atoms with Gasteiger partial charge in [0.15, 0.2) is 0 Å². The number of hydrogen-bond donors (Lipinski definition) is 2. The summed E-state index contributed by atoms with van der Waals surface area (Å²) in [6.45, 7) is 10.1. The molecule has 0 aromatic carbocycles. The molecular weight excluding hydrogens is 288 g/mol. The number of likely N-dealkylation sites (tertiary alicyclic amines) is 1. The molecule has 2 aliphatic rings. The molecule has 4 heteroatoms. The lowest BCUT2D eigenvalue weighted by Crippen LogP contribution is -2.39. The minimum Gasteiger partial charge on any atom is -0.395 e. The summed E-state index contributed by atoms with van der Waals surface area (Å²) in [5.41, 5.74) is 0.300. The molecule has 0 spiro atoms. The Morgan fingerprint density at radius 3 is 2.78 bits per heavy atom. The summed E-state index contributed by atoms with van der Waals surface area (Å²) in [6.07, 6.45) is 7.77. The average molecular weight is 325 g/mol.